The Bertz CT molecular complexity index is 717. The van der Waals surface area contributed by atoms with Gasteiger partial charge in [0.15, 0.2) is 0 Å². The number of fused-ring (bicyclic) bond motifs is 1. The Balaban J connectivity index is 1.25. The molecule has 0 N–H and O–H groups in total. The van der Waals surface area contributed by atoms with E-state index in [1.54, 1.807) is 4.88 Å². The second kappa shape index (κ2) is 8.99. The standard InChI is InChI=1S/C25H36OS/c1-3-26-23-14-13-22-16-24(27-25(22)17-23)15-8-19-6-11-21(12-7-19)20-9-4-18(2)5-10-20/h13-14,16-21H,3-12,15H2,1-2H3. The molecule has 148 valence electrons. The van der Waals surface area contributed by atoms with Crippen molar-refractivity contribution >= 4 is 21.4 Å². The fourth-order valence-corrected chi connectivity index (χ4v) is 6.61. The van der Waals surface area contributed by atoms with Crippen LogP contribution >= 0.6 is 11.3 Å². The number of rotatable bonds is 6. The minimum absolute atomic E-state index is 0.742. The Kier molecular flexibility index (Phi) is 6.42. The number of aryl methyl sites for hydroxylation is 1. The first-order valence-corrected chi connectivity index (χ1v) is 12.2. The van der Waals surface area contributed by atoms with Crippen LogP contribution in [0.4, 0.5) is 0 Å². The number of hydrogen-bond donors (Lipinski definition) is 0. The van der Waals surface area contributed by atoms with Crippen molar-refractivity contribution in [3.8, 4) is 5.75 Å². The summed E-state index contributed by atoms with van der Waals surface area (Å²) in [5.74, 6) is 5.07. The topological polar surface area (TPSA) is 9.23 Å². The van der Waals surface area contributed by atoms with Crippen molar-refractivity contribution in [2.24, 2.45) is 23.7 Å². The van der Waals surface area contributed by atoms with E-state index in [9.17, 15) is 0 Å². The van der Waals surface area contributed by atoms with Crippen LogP contribution in [0.5, 0.6) is 5.75 Å². The average Bonchev–Trinajstić information content (AvgIpc) is 3.10. The van der Waals surface area contributed by atoms with E-state index in [0.29, 0.717) is 0 Å². The van der Waals surface area contributed by atoms with Gasteiger partial charge in [0, 0.05) is 9.58 Å². The highest BCUT2D eigenvalue weighted by Gasteiger charge is 2.29. The van der Waals surface area contributed by atoms with Gasteiger partial charge in [-0.2, -0.15) is 0 Å². The maximum Gasteiger partial charge on any atom is 0.120 e. The lowest BCUT2D eigenvalue weighted by molar-refractivity contribution is 0.148. The Morgan fingerprint density at radius 2 is 1.63 bits per heavy atom. The van der Waals surface area contributed by atoms with Crippen molar-refractivity contribution in [2.45, 2.75) is 78.1 Å². The van der Waals surface area contributed by atoms with Gasteiger partial charge in [-0.15, -0.1) is 11.3 Å². The van der Waals surface area contributed by atoms with E-state index < -0.39 is 0 Å². The van der Waals surface area contributed by atoms with Gasteiger partial charge in [0.25, 0.3) is 0 Å². The summed E-state index contributed by atoms with van der Waals surface area (Å²) in [6.45, 7) is 5.23. The predicted octanol–water partition coefficient (Wildman–Crippen LogP) is 7.87. The van der Waals surface area contributed by atoms with Gasteiger partial charge >= 0.3 is 0 Å². The number of benzene rings is 1. The molecule has 0 radical (unpaired) electrons. The molecule has 27 heavy (non-hydrogen) atoms. The quantitative estimate of drug-likeness (QED) is 0.492. The van der Waals surface area contributed by atoms with E-state index in [0.717, 1.165) is 36.0 Å². The van der Waals surface area contributed by atoms with Crippen molar-refractivity contribution in [1.82, 2.24) is 0 Å². The molecule has 0 unspecified atom stereocenters. The highest BCUT2D eigenvalue weighted by atomic mass is 32.1. The fraction of sp³-hybridized carbons (Fsp3) is 0.680. The van der Waals surface area contributed by atoms with Crippen LogP contribution in [-0.4, -0.2) is 6.61 Å². The lowest BCUT2D eigenvalue weighted by atomic mass is 9.69. The zero-order valence-corrected chi connectivity index (χ0v) is 18.0. The second-order valence-corrected chi connectivity index (χ2v) is 10.4. The van der Waals surface area contributed by atoms with Crippen molar-refractivity contribution in [2.75, 3.05) is 6.61 Å². The van der Waals surface area contributed by atoms with Crippen LogP contribution in [0.25, 0.3) is 10.1 Å². The maximum absolute atomic E-state index is 5.65. The van der Waals surface area contributed by atoms with Crippen LogP contribution in [0.3, 0.4) is 0 Å². The Morgan fingerprint density at radius 3 is 2.33 bits per heavy atom. The van der Waals surface area contributed by atoms with Gasteiger partial charge in [0.1, 0.15) is 5.75 Å². The lowest BCUT2D eigenvalue weighted by Crippen LogP contribution is -2.25. The molecular formula is C25H36OS. The van der Waals surface area contributed by atoms with Crippen molar-refractivity contribution in [3.63, 3.8) is 0 Å². The normalized spacial score (nSPS) is 29.1. The van der Waals surface area contributed by atoms with E-state index >= 15 is 0 Å². The molecule has 1 aromatic carbocycles. The molecule has 2 aliphatic rings. The average molecular weight is 385 g/mol. The Hall–Kier alpha value is -1.02. The van der Waals surface area contributed by atoms with Crippen LogP contribution < -0.4 is 4.74 Å². The SMILES string of the molecule is CCOc1ccc2cc(CCC3CCC(C4CCC(C)CC4)CC3)sc2c1. The molecule has 1 nitrogen and oxygen atoms in total. The molecule has 4 rings (SSSR count). The van der Waals surface area contributed by atoms with Gasteiger partial charge in [0.05, 0.1) is 6.61 Å². The summed E-state index contributed by atoms with van der Waals surface area (Å²) in [5.41, 5.74) is 0. The monoisotopic (exact) mass is 384 g/mol. The zero-order chi connectivity index (χ0) is 18.6. The molecule has 0 saturated heterocycles. The lowest BCUT2D eigenvalue weighted by Gasteiger charge is -2.37. The highest BCUT2D eigenvalue weighted by molar-refractivity contribution is 7.19. The molecule has 2 fully saturated rings. The fourth-order valence-electron chi connectivity index (χ4n) is 5.50. The van der Waals surface area contributed by atoms with Crippen LogP contribution in [0.2, 0.25) is 0 Å². The largest absolute Gasteiger partial charge is 0.494 e. The maximum atomic E-state index is 5.65. The zero-order valence-electron chi connectivity index (χ0n) is 17.2. The molecule has 1 heterocycles. The third-order valence-electron chi connectivity index (χ3n) is 7.27. The third kappa shape index (κ3) is 4.88. The Morgan fingerprint density at radius 1 is 0.926 bits per heavy atom. The van der Waals surface area contributed by atoms with Crippen molar-refractivity contribution < 1.29 is 4.74 Å². The molecule has 0 atom stereocenters. The summed E-state index contributed by atoms with van der Waals surface area (Å²) in [5, 5.41) is 1.38. The molecule has 0 spiro atoms. The Labute approximate surface area is 169 Å². The molecule has 2 heteroatoms. The number of thiophene rings is 1. The molecule has 0 aliphatic heterocycles. The molecule has 2 saturated carbocycles. The van der Waals surface area contributed by atoms with Crippen molar-refractivity contribution in [1.29, 1.82) is 0 Å². The molecule has 0 bridgehead atoms. The van der Waals surface area contributed by atoms with E-state index in [1.807, 2.05) is 18.3 Å². The molecule has 2 aromatic rings. The second-order valence-electron chi connectivity index (χ2n) is 9.18. The number of ether oxygens (including phenoxy) is 1. The minimum atomic E-state index is 0.742. The van der Waals surface area contributed by atoms with E-state index in [2.05, 4.69) is 31.2 Å². The first-order chi connectivity index (χ1) is 13.2. The summed E-state index contributed by atoms with van der Waals surface area (Å²) in [7, 11) is 0. The first kappa shape index (κ1) is 19.3. The van der Waals surface area contributed by atoms with Gasteiger partial charge in [-0.05, 0) is 98.8 Å². The summed E-state index contributed by atoms with van der Waals surface area (Å²) in [4.78, 5) is 1.56. The van der Waals surface area contributed by atoms with E-state index in [1.165, 1.54) is 74.3 Å². The summed E-state index contributed by atoms with van der Waals surface area (Å²) < 4.78 is 7.03. The van der Waals surface area contributed by atoms with Gasteiger partial charge in [0.2, 0.25) is 0 Å². The van der Waals surface area contributed by atoms with Crippen LogP contribution in [0, 0.1) is 23.7 Å². The van der Waals surface area contributed by atoms with Crippen LogP contribution in [-0.2, 0) is 6.42 Å². The van der Waals surface area contributed by atoms with Gasteiger partial charge in [-0.25, -0.2) is 0 Å². The first-order valence-electron chi connectivity index (χ1n) is 11.4. The summed E-state index contributed by atoms with van der Waals surface area (Å²) in [6.07, 6.45) is 14.6. The smallest absolute Gasteiger partial charge is 0.120 e. The number of hydrogen-bond acceptors (Lipinski definition) is 2. The van der Waals surface area contributed by atoms with Crippen LogP contribution in [0.1, 0.15) is 76.5 Å². The predicted molar refractivity (Wildman–Crippen MR) is 118 cm³/mol. The summed E-state index contributed by atoms with van der Waals surface area (Å²) in [6, 6.07) is 8.94. The molecule has 2 aliphatic carbocycles. The summed E-state index contributed by atoms with van der Waals surface area (Å²) >= 11 is 1.97. The molecule has 0 amide bonds. The van der Waals surface area contributed by atoms with Gasteiger partial charge in [-0.1, -0.05) is 32.6 Å². The minimum Gasteiger partial charge on any atom is -0.494 e. The van der Waals surface area contributed by atoms with E-state index in [-0.39, 0.29) is 0 Å². The molecular weight excluding hydrogens is 348 g/mol. The highest BCUT2D eigenvalue weighted by Crippen LogP contribution is 2.42. The van der Waals surface area contributed by atoms with Crippen LogP contribution in [0.15, 0.2) is 24.3 Å². The molecule has 1 aromatic heterocycles. The third-order valence-corrected chi connectivity index (χ3v) is 8.43. The van der Waals surface area contributed by atoms with E-state index in [4.69, 9.17) is 4.74 Å². The van der Waals surface area contributed by atoms with Crippen molar-refractivity contribution in [3.05, 3.63) is 29.1 Å². The van der Waals surface area contributed by atoms with Gasteiger partial charge in [-0.3, -0.25) is 0 Å². The van der Waals surface area contributed by atoms with Gasteiger partial charge < -0.3 is 4.74 Å².